The highest BCUT2D eigenvalue weighted by Gasteiger charge is 2.49. The first kappa shape index (κ1) is 10.1. The molecule has 1 aromatic rings. The van der Waals surface area contributed by atoms with Crippen molar-refractivity contribution < 1.29 is 0 Å². The molecule has 2 atom stereocenters. The molecule has 0 spiro atoms. The summed E-state index contributed by atoms with van der Waals surface area (Å²) in [4.78, 5) is 4.42. The number of hydrogen-bond donors (Lipinski definition) is 1. The Morgan fingerprint density at radius 1 is 1.64 bits per heavy atom. The van der Waals surface area contributed by atoms with Gasteiger partial charge in [-0.3, -0.25) is 0 Å². The first-order valence-corrected chi connectivity index (χ1v) is 6.17. The molecule has 0 amide bonds. The fourth-order valence-electron chi connectivity index (χ4n) is 2.34. The van der Waals surface area contributed by atoms with E-state index < -0.39 is 0 Å². The van der Waals surface area contributed by atoms with Crippen LogP contribution < -0.4 is 5.32 Å². The van der Waals surface area contributed by atoms with Crippen LogP contribution in [0.2, 0.25) is 0 Å². The van der Waals surface area contributed by atoms with E-state index in [4.69, 9.17) is 0 Å². The zero-order valence-corrected chi connectivity index (χ0v) is 9.90. The maximum Gasteiger partial charge on any atom is 0.0962 e. The lowest BCUT2D eigenvalue weighted by molar-refractivity contribution is 0.0705. The summed E-state index contributed by atoms with van der Waals surface area (Å²) in [5, 5.41) is 6.93. The van der Waals surface area contributed by atoms with Gasteiger partial charge in [-0.2, -0.15) is 0 Å². The standard InChI is InChI=1S/C11H18N2S/c1-4-12-9-7-8(11(9,2)3)10-13-5-6-14-10/h5-6,8-9,12H,4,7H2,1-3H3. The zero-order valence-electron chi connectivity index (χ0n) is 9.08. The van der Waals surface area contributed by atoms with Crippen molar-refractivity contribution in [1.29, 1.82) is 0 Å². The third kappa shape index (κ3) is 1.48. The molecule has 1 fully saturated rings. The zero-order chi connectivity index (χ0) is 10.2. The van der Waals surface area contributed by atoms with Gasteiger partial charge in [-0.15, -0.1) is 11.3 Å². The second-order valence-electron chi connectivity index (χ2n) is 4.59. The van der Waals surface area contributed by atoms with Crippen LogP contribution in [0.5, 0.6) is 0 Å². The minimum absolute atomic E-state index is 0.369. The first-order valence-electron chi connectivity index (χ1n) is 5.29. The van der Waals surface area contributed by atoms with E-state index >= 15 is 0 Å². The Kier molecular flexibility index (Phi) is 2.62. The van der Waals surface area contributed by atoms with Crippen molar-refractivity contribution in [3.8, 4) is 0 Å². The summed E-state index contributed by atoms with van der Waals surface area (Å²) in [5.74, 6) is 0.659. The van der Waals surface area contributed by atoms with Crippen molar-refractivity contribution in [2.75, 3.05) is 6.54 Å². The highest BCUT2D eigenvalue weighted by Crippen LogP contribution is 2.52. The normalized spacial score (nSPS) is 29.9. The van der Waals surface area contributed by atoms with Crippen LogP contribution in [0.3, 0.4) is 0 Å². The molecular weight excluding hydrogens is 192 g/mol. The molecule has 1 aromatic heterocycles. The Morgan fingerprint density at radius 2 is 2.43 bits per heavy atom. The van der Waals surface area contributed by atoms with Gasteiger partial charge in [0.15, 0.2) is 0 Å². The topological polar surface area (TPSA) is 24.9 Å². The molecule has 2 unspecified atom stereocenters. The lowest BCUT2D eigenvalue weighted by Gasteiger charge is -2.51. The van der Waals surface area contributed by atoms with Gasteiger partial charge in [0.2, 0.25) is 0 Å². The fraction of sp³-hybridized carbons (Fsp3) is 0.727. The van der Waals surface area contributed by atoms with E-state index in [1.807, 2.05) is 6.20 Å². The summed E-state index contributed by atoms with van der Waals surface area (Å²) in [6.45, 7) is 7.93. The van der Waals surface area contributed by atoms with Crippen LogP contribution in [-0.2, 0) is 0 Å². The van der Waals surface area contributed by atoms with Crippen LogP contribution in [0.1, 0.15) is 38.1 Å². The average molecular weight is 210 g/mol. The quantitative estimate of drug-likeness (QED) is 0.829. The maximum atomic E-state index is 4.42. The van der Waals surface area contributed by atoms with Gasteiger partial charge in [-0.25, -0.2) is 4.98 Å². The lowest BCUT2D eigenvalue weighted by atomic mass is 9.59. The number of nitrogens with zero attached hydrogens (tertiary/aromatic N) is 1. The molecule has 0 saturated heterocycles. The molecule has 2 nitrogen and oxygen atoms in total. The Bertz CT molecular complexity index is 292. The molecule has 0 radical (unpaired) electrons. The van der Waals surface area contributed by atoms with E-state index in [9.17, 15) is 0 Å². The smallest absolute Gasteiger partial charge is 0.0962 e. The van der Waals surface area contributed by atoms with Crippen LogP contribution in [0, 0.1) is 5.41 Å². The molecule has 0 bridgehead atoms. The van der Waals surface area contributed by atoms with E-state index in [1.165, 1.54) is 11.4 Å². The molecule has 78 valence electrons. The molecule has 3 heteroatoms. The summed E-state index contributed by atoms with van der Waals surface area (Å²) < 4.78 is 0. The van der Waals surface area contributed by atoms with Crippen molar-refractivity contribution >= 4 is 11.3 Å². The lowest BCUT2D eigenvalue weighted by Crippen LogP contribution is -2.55. The van der Waals surface area contributed by atoms with E-state index in [1.54, 1.807) is 11.3 Å². The third-order valence-corrected chi connectivity index (χ3v) is 4.36. The first-order chi connectivity index (χ1) is 6.66. The van der Waals surface area contributed by atoms with Gasteiger partial charge in [-0.05, 0) is 18.4 Å². The van der Waals surface area contributed by atoms with Gasteiger partial charge >= 0.3 is 0 Å². The molecule has 1 saturated carbocycles. The molecule has 2 rings (SSSR count). The van der Waals surface area contributed by atoms with Crippen LogP contribution in [0.15, 0.2) is 11.6 Å². The van der Waals surface area contributed by atoms with Gasteiger partial charge in [0.1, 0.15) is 0 Å². The van der Waals surface area contributed by atoms with E-state index in [0.29, 0.717) is 17.4 Å². The fourth-order valence-corrected chi connectivity index (χ4v) is 3.29. The van der Waals surface area contributed by atoms with E-state index in [2.05, 4.69) is 36.5 Å². The molecule has 0 aliphatic heterocycles. The summed E-state index contributed by atoms with van der Waals surface area (Å²) in [5.41, 5.74) is 0.369. The van der Waals surface area contributed by atoms with Gasteiger partial charge < -0.3 is 5.32 Å². The summed E-state index contributed by atoms with van der Waals surface area (Å²) in [7, 11) is 0. The van der Waals surface area contributed by atoms with Gasteiger partial charge in [-0.1, -0.05) is 20.8 Å². The number of nitrogens with one attached hydrogen (secondary N) is 1. The third-order valence-electron chi connectivity index (χ3n) is 3.47. The van der Waals surface area contributed by atoms with Crippen molar-refractivity contribution in [1.82, 2.24) is 10.3 Å². The Labute approximate surface area is 89.8 Å². The van der Waals surface area contributed by atoms with Gasteiger partial charge in [0.25, 0.3) is 0 Å². The molecule has 0 aromatic carbocycles. The molecular formula is C11H18N2S. The highest BCUT2D eigenvalue weighted by atomic mass is 32.1. The number of rotatable bonds is 3. The van der Waals surface area contributed by atoms with Crippen molar-refractivity contribution in [3.05, 3.63) is 16.6 Å². The van der Waals surface area contributed by atoms with Crippen LogP contribution >= 0.6 is 11.3 Å². The predicted molar refractivity (Wildman–Crippen MR) is 60.7 cm³/mol. The van der Waals surface area contributed by atoms with Crippen molar-refractivity contribution in [2.24, 2.45) is 5.41 Å². The molecule has 1 aliphatic rings. The highest BCUT2D eigenvalue weighted by molar-refractivity contribution is 7.09. The number of thiazole rings is 1. The van der Waals surface area contributed by atoms with Crippen molar-refractivity contribution in [2.45, 2.75) is 39.2 Å². The minimum atomic E-state index is 0.369. The summed E-state index contributed by atoms with van der Waals surface area (Å²) >= 11 is 1.79. The Balaban J connectivity index is 2.06. The van der Waals surface area contributed by atoms with E-state index in [-0.39, 0.29) is 0 Å². The van der Waals surface area contributed by atoms with Gasteiger partial charge in [0, 0.05) is 23.5 Å². The molecule has 1 aliphatic carbocycles. The van der Waals surface area contributed by atoms with Crippen LogP contribution in [-0.4, -0.2) is 17.6 Å². The minimum Gasteiger partial charge on any atom is -0.314 e. The van der Waals surface area contributed by atoms with Gasteiger partial charge in [0.05, 0.1) is 5.01 Å². The van der Waals surface area contributed by atoms with Crippen LogP contribution in [0.25, 0.3) is 0 Å². The average Bonchev–Trinajstić information content (AvgIpc) is 2.64. The van der Waals surface area contributed by atoms with Crippen molar-refractivity contribution in [3.63, 3.8) is 0 Å². The predicted octanol–water partition coefficient (Wildman–Crippen LogP) is 2.63. The summed E-state index contributed by atoms with van der Waals surface area (Å²) in [6.07, 6.45) is 3.16. The second kappa shape index (κ2) is 3.63. The largest absolute Gasteiger partial charge is 0.314 e. The summed E-state index contributed by atoms with van der Waals surface area (Å²) in [6, 6.07) is 0.668. The SMILES string of the molecule is CCNC1CC(c2nccs2)C1(C)C. The maximum absolute atomic E-state index is 4.42. The second-order valence-corrected chi connectivity index (χ2v) is 5.52. The molecule has 1 heterocycles. The monoisotopic (exact) mass is 210 g/mol. The van der Waals surface area contributed by atoms with E-state index in [0.717, 1.165) is 6.54 Å². The van der Waals surface area contributed by atoms with Crippen LogP contribution in [0.4, 0.5) is 0 Å². The number of hydrogen-bond acceptors (Lipinski definition) is 3. The molecule has 1 N–H and O–H groups in total. The number of aromatic nitrogens is 1. The Morgan fingerprint density at radius 3 is 2.93 bits per heavy atom. The Hall–Kier alpha value is -0.410. The molecule has 14 heavy (non-hydrogen) atoms.